The molecule has 6 nitrogen and oxygen atoms in total. The van der Waals surface area contributed by atoms with Crippen molar-refractivity contribution in [3.8, 4) is 0 Å². The topological polar surface area (TPSA) is 110 Å². The van der Waals surface area contributed by atoms with Gasteiger partial charge in [0.25, 0.3) is 12.2 Å². The first-order chi connectivity index (χ1) is 6.84. The SMILES string of the molecule is OC[C@H]1OC(O)(C(F)F)[C@H](O)[C@@H](O)[C@H]1O. The Morgan fingerprint density at radius 2 is 1.73 bits per heavy atom. The molecule has 1 unspecified atom stereocenters. The molecule has 90 valence electrons. The lowest BCUT2D eigenvalue weighted by Gasteiger charge is -2.44. The van der Waals surface area contributed by atoms with Crippen LogP contribution in [0.15, 0.2) is 0 Å². The molecule has 0 aromatic heterocycles. The van der Waals surface area contributed by atoms with Crippen LogP contribution in [0, 0.1) is 0 Å². The quantitative estimate of drug-likeness (QED) is 0.356. The van der Waals surface area contributed by atoms with Crippen molar-refractivity contribution in [3.05, 3.63) is 0 Å². The fourth-order valence-electron chi connectivity index (χ4n) is 1.36. The Hall–Kier alpha value is -0.380. The maximum Gasteiger partial charge on any atom is 0.294 e. The molecule has 0 radical (unpaired) electrons. The second-order valence-electron chi connectivity index (χ2n) is 3.32. The second-order valence-corrected chi connectivity index (χ2v) is 3.32. The van der Waals surface area contributed by atoms with E-state index in [2.05, 4.69) is 4.74 Å². The number of ether oxygens (including phenoxy) is 1. The third-order valence-electron chi connectivity index (χ3n) is 2.31. The number of aliphatic hydroxyl groups is 5. The van der Waals surface area contributed by atoms with Crippen LogP contribution < -0.4 is 0 Å². The highest BCUT2D eigenvalue weighted by molar-refractivity contribution is 4.97. The predicted molar refractivity (Wildman–Crippen MR) is 40.9 cm³/mol. The Morgan fingerprint density at radius 3 is 2.13 bits per heavy atom. The summed E-state index contributed by atoms with van der Waals surface area (Å²) in [4.78, 5) is 0. The van der Waals surface area contributed by atoms with Crippen LogP contribution in [0.1, 0.15) is 0 Å². The van der Waals surface area contributed by atoms with Crippen molar-refractivity contribution >= 4 is 0 Å². The lowest BCUT2D eigenvalue weighted by Crippen LogP contribution is -2.67. The van der Waals surface area contributed by atoms with E-state index in [1.807, 2.05) is 0 Å². The zero-order valence-electron chi connectivity index (χ0n) is 7.49. The molecule has 0 spiro atoms. The first-order valence-corrected chi connectivity index (χ1v) is 4.18. The van der Waals surface area contributed by atoms with Crippen LogP contribution in [0.3, 0.4) is 0 Å². The fraction of sp³-hybridized carbons (Fsp3) is 1.00. The summed E-state index contributed by atoms with van der Waals surface area (Å²) in [5.74, 6) is -3.29. The summed E-state index contributed by atoms with van der Waals surface area (Å²) in [6, 6.07) is 0. The van der Waals surface area contributed by atoms with Gasteiger partial charge in [0.2, 0.25) is 0 Å². The van der Waals surface area contributed by atoms with Crippen LogP contribution in [0.5, 0.6) is 0 Å². The minimum atomic E-state index is -3.48. The van der Waals surface area contributed by atoms with Crippen LogP contribution in [-0.4, -0.2) is 68.8 Å². The van der Waals surface area contributed by atoms with Crippen LogP contribution in [0.25, 0.3) is 0 Å². The van der Waals surface area contributed by atoms with Gasteiger partial charge in [-0.2, -0.15) is 0 Å². The zero-order chi connectivity index (χ0) is 11.8. The minimum Gasteiger partial charge on any atom is -0.394 e. The average Bonchev–Trinajstić information content (AvgIpc) is 2.20. The molecule has 5 atom stereocenters. The van der Waals surface area contributed by atoms with E-state index >= 15 is 0 Å². The molecule has 0 bridgehead atoms. The van der Waals surface area contributed by atoms with E-state index in [-0.39, 0.29) is 0 Å². The van der Waals surface area contributed by atoms with Crippen molar-refractivity contribution in [1.29, 1.82) is 0 Å². The average molecular weight is 230 g/mol. The Morgan fingerprint density at radius 1 is 1.20 bits per heavy atom. The minimum absolute atomic E-state index is 0.875. The van der Waals surface area contributed by atoms with E-state index in [1.54, 1.807) is 0 Å². The molecule has 1 fully saturated rings. The highest BCUT2D eigenvalue weighted by Crippen LogP contribution is 2.32. The molecule has 1 rings (SSSR count). The zero-order valence-corrected chi connectivity index (χ0v) is 7.49. The van der Waals surface area contributed by atoms with Gasteiger partial charge in [-0.1, -0.05) is 0 Å². The highest BCUT2D eigenvalue weighted by atomic mass is 19.3. The summed E-state index contributed by atoms with van der Waals surface area (Å²) < 4.78 is 29.0. The maximum absolute atomic E-state index is 12.4. The first kappa shape index (κ1) is 12.7. The maximum atomic E-state index is 12.4. The Labute approximate surface area is 83.3 Å². The molecule has 0 amide bonds. The van der Waals surface area contributed by atoms with Gasteiger partial charge in [-0.05, 0) is 0 Å². The lowest BCUT2D eigenvalue weighted by atomic mass is 9.93. The predicted octanol–water partition coefficient (Wildman–Crippen LogP) is -2.59. The number of aliphatic hydroxyl groups excluding tert-OH is 4. The number of hydrogen-bond donors (Lipinski definition) is 5. The van der Waals surface area contributed by atoms with Crippen LogP contribution in [0.4, 0.5) is 8.78 Å². The molecule has 0 aliphatic carbocycles. The van der Waals surface area contributed by atoms with E-state index in [0.29, 0.717) is 0 Å². The molecule has 1 saturated heterocycles. The first-order valence-electron chi connectivity index (χ1n) is 4.18. The Bertz CT molecular complexity index is 226. The summed E-state index contributed by atoms with van der Waals surface area (Å²) in [6.45, 7) is -0.875. The molecule has 1 heterocycles. The third kappa shape index (κ3) is 1.96. The second kappa shape index (κ2) is 4.24. The largest absolute Gasteiger partial charge is 0.394 e. The van der Waals surface area contributed by atoms with Crippen LogP contribution in [-0.2, 0) is 4.74 Å². The Kier molecular flexibility index (Phi) is 3.59. The monoisotopic (exact) mass is 230 g/mol. The van der Waals surface area contributed by atoms with E-state index in [9.17, 15) is 19.0 Å². The summed E-state index contributed by atoms with van der Waals surface area (Å²) >= 11 is 0. The molecular weight excluding hydrogens is 218 g/mol. The van der Waals surface area contributed by atoms with Crippen molar-refractivity contribution in [2.75, 3.05) is 6.61 Å². The van der Waals surface area contributed by atoms with Gasteiger partial charge in [0, 0.05) is 0 Å². The fourth-order valence-corrected chi connectivity index (χ4v) is 1.36. The molecular formula is C7H12F2O6. The summed E-state index contributed by atoms with van der Waals surface area (Å²) in [5, 5.41) is 45.3. The highest BCUT2D eigenvalue weighted by Gasteiger charge is 2.57. The summed E-state index contributed by atoms with van der Waals surface area (Å²) in [5.41, 5.74) is 0. The summed E-state index contributed by atoms with van der Waals surface area (Å²) in [7, 11) is 0. The molecule has 8 heteroatoms. The molecule has 0 aromatic carbocycles. The van der Waals surface area contributed by atoms with Crippen molar-refractivity contribution in [2.24, 2.45) is 0 Å². The molecule has 1 aliphatic rings. The molecule has 15 heavy (non-hydrogen) atoms. The molecule has 1 aliphatic heterocycles. The molecule has 0 saturated carbocycles. The van der Waals surface area contributed by atoms with Crippen LogP contribution >= 0.6 is 0 Å². The van der Waals surface area contributed by atoms with Gasteiger partial charge in [0.05, 0.1) is 6.61 Å². The smallest absolute Gasteiger partial charge is 0.294 e. The number of alkyl halides is 2. The van der Waals surface area contributed by atoms with Gasteiger partial charge >= 0.3 is 0 Å². The van der Waals surface area contributed by atoms with Crippen molar-refractivity contribution in [2.45, 2.75) is 36.6 Å². The van der Waals surface area contributed by atoms with Crippen molar-refractivity contribution < 1.29 is 39.1 Å². The van der Waals surface area contributed by atoms with Gasteiger partial charge in [-0.15, -0.1) is 0 Å². The number of halogens is 2. The van der Waals surface area contributed by atoms with E-state index in [1.165, 1.54) is 0 Å². The Balaban J connectivity index is 2.92. The van der Waals surface area contributed by atoms with E-state index in [0.717, 1.165) is 0 Å². The van der Waals surface area contributed by atoms with Gasteiger partial charge in [-0.3, -0.25) is 0 Å². The van der Waals surface area contributed by atoms with Crippen molar-refractivity contribution in [1.82, 2.24) is 0 Å². The molecule has 5 N–H and O–H groups in total. The van der Waals surface area contributed by atoms with Crippen LogP contribution in [0.2, 0.25) is 0 Å². The normalized spacial score (nSPS) is 47.2. The lowest BCUT2D eigenvalue weighted by molar-refractivity contribution is -0.382. The number of hydrogen-bond acceptors (Lipinski definition) is 6. The van der Waals surface area contributed by atoms with Gasteiger partial charge in [0.15, 0.2) is 0 Å². The van der Waals surface area contributed by atoms with Gasteiger partial charge < -0.3 is 30.3 Å². The van der Waals surface area contributed by atoms with Crippen molar-refractivity contribution in [3.63, 3.8) is 0 Å². The van der Waals surface area contributed by atoms with Gasteiger partial charge in [-0.25, -0.2) is 8.78 Å². The van der Waals surface area contributed by atoms with Gasteiger partial charge in [0.1, 0.15) is 24.4 Å². The van der Waals surface area contributed by atoms with E-state index < -0.39 is 43.2 Å². The summed E-state index contributed by atoms with van der Waals surface area (Å²) in [6.07, 6.45) is -11.2. The third-order valence-corrected chi connectivity index (χ3v) is 2.31. The molecule has 0 aromatic rings. The van der Waals surface area contributed by atoms with E-state index in [4.69, 9.17) is 15.3 Å². The standard InChI is InChI=1S/C7H12F2O6/c8-6(9)7(14)5(13)4(12)3(11)2(1-10)15-7/h2-6,10-14H,1H2/t2-,3+,4+,5-,7?/m1/s1. The number of rotatable bonds is 2.